The maximum Gasteiger partial charge on any atom is 0.212 e. The lowest BCUT2D eigenvalue weighted by atomic mass is 10.3. The summed E-state index contributed by atoms with van der Waals surface area (Å²) in [7, 11) is 1.62. The predicted octanol–water partition coefficient (Wildman–Crippen LogP) is 1.86. The van der Waals surface area contributed by atoms with Gasteiger partial charge in [0, 0.05) is 6.07 Å². The van der Waals surface area contributed by atoms with E-state index in [2.05, 4.69) is 4.98 Å². The minimum absolute atomic E-state index is 0.187. The first-order valence-electron chi connectivity index (χ1n) is 4.41. The van der Waals surface area contributed by atoms with Gasteiger partial charge in [0.15, 0.2) is 5.58 Å². The summed E-state index contributed by atoms with van der Waals surface area (Å²) >= 11 is 0. The molecule has 1 aromatic carbocycles. The summed E-state index contributed by atoms with van der Waals surface area (Å²) in [5.74, 6) is 1.32. The molecule has 0 fully saturated rings. The van der Waals surface area contributed by atoms with Crippen molar-refractivity contribution in [1.29, 1.82) is 0 Å². The molecule has 1 aromatic heterocycles. The Labute approximate surface area is 81.7 Å². The van der Waals surface area contributed by atoms with Crippen LogP contribution in [0.25, 0.3) is 11.1 Å². The van der Waals surface area contributed by atoms with Crippen molar-refractivity contribution < 1.29 is 9.15 Å². The van der Waals surface area contributed by atoms with Crippen LogP contribution in [-0.2, 0) is 0 Å². The highest BCUT2D eigenvalue weighted by atomic mass is 16.5. The van der Waals surface area contributed by atoms with E-state index in [9.17, 15) is 0 Å². The van der Waals surface area contributed by atoms with E-state index in [-0.39, 0.29) is 6.04 Å². The Kier molecular flexibility index (Phi) is 2.13. The fourth-order valence-electron chi connectivity index (χ4n) is 1.25. The molecule has 2 N–H and O–H groups in total. The summed E-state index contributed by atoms with van der Waals surface area (Å²) in [5.41, 5.74) is 7.17. The minimum atomic E-state index is -0.187. The van der Waals surface area contributed by atoms with Crippen molar-refractivity contribution in [3.8, 4) is 5.75 Å². The van der Waals surface area contributed by atoms with Crippen LogP contribution in [-0.4, -0.2) is 12.1 Å². The highest BCUT2D eigenvalue weighted by Gasteiger charge is 2.09. The van der Waals surface area contributed by atoms with Crippen molar-refractivity contribution in [3.05, 3.63) is 24.1 Å². The van der Waals surface area contributed by atoms with E-state index in [1.165, 1.54) is 0 Å². The van der Waals surface area contributed by atoms with E-state index in [1.807, 2.05) is 25.1 Å². The van der Waals surface area contributed by atoms with Crippen molar-refractivity contribution >= 4 is 11.1 Å². The van der Waals surface area contributed by atoms with E-state index in [4.69, 9.17) is 14.9 Å². The lowest BCUT2D eigenvalue weighted by Gasteiger charge is -1.95. The first-order valence-corrected chi connectivity index (χ1v) is 4.41. The summed E-state index contributed by atoms with van der Waals surface area (Å²) in [6, 6.07) is 5.30. The quantitative estimate of drug-likeness (QED) is 0.788. The maximum atomic E-state index is 5.66. The van der Waals surface area contributed by atoms with Gasteiger partial charge in [-0.3, -0.25) is 0 Å². The van der Waals surface area contributed by atoms with Gasteiger partial charge in [-0.25, -0.2) is 4.98 Å². The van der Waals surface area contributed by atoms with Gasteiger partial charge in [0.05, 0.1) is 13.2 Å². The molecule has 0 bridgehead atoms. The number of fused-ring (bicyclic) bond motifs is 1. The van der Waals surface area contributed by atoms with E-state index in [0.717, 1.165) is 16.8 Å². The Morgan fingerprint density at radius 3 is 2.93 bits per heavy atom. The van der Waals surface area contributed by atoms with Gasteiger partial charge in [0.25, 0.3) is 0 Å². The molecule has 74 valence electrons. The fraction of sp³-hybridized carbons (Fsp3) is 0.300. The molecular formula is C10H12N2O2. The Hall–Kier alpha value is -1.55. The number of benzene rings is 1. The topological polar surface area (TPSA) is 61.3 Å². The lowest BCUT2D eigenvalue weighted by molar-refractivity contribution is 0.415. The lowest BCUT2D eigenvalue weighted by Crippen LogP contribution is -2.04. The molecule has 0 saturated heterocycles. The number of nitrogens with zero attached hydrogens (tertiary/aromatic N) is 1. The zero-order valence-electron chi connectivity index (χ0n) is 8.15. The zero-order valence-corrected chi connectivity index (χ0v) is 8.15. The summed E-state index contributed by atoms with van der Waals surface area (Å²) in [5, 5.41) is 0. The number of oxazole rings is 1. The SMILES string of the molecule is COc1ccc2oc([C@H](C)N)nc2c1. The summed E-state index contributed by atoms with van der Waals surface area (Å²) < 4.78 is 10.5. The van der Waals surface area contributed by atoms with Gasteiger partial charge in [0.2, 0.25) is 5.89 Å². The van der Waals surface area contributed by atoms with Crippen LogP contribution in [0.1, 0.15) is 18.9 Å². The molecule has 0 spiro atoms. The number of methoxy groups -OCH3 is 1. The van der Waals surface area contributed by atoms with Crippen molar-refractivity contribution in [1.82, 2.24) is 4.98 Å². The fourth-order valence-corrected chi connectivity index (χ4v) is 1.25. The average molecular weight is 192 g/mol. The van der Waals surface area contributed by atoms with Gasteiger partial charge in [-0.1, -0.05) is 0 Å². The Bertz CT molecular complexity index is 448. The predicted molar refractivity (Wildman–Crippen MR) is 53.2 cm³/mol. The maximum absolute atomic E-state index is 5.66. The molecule has 0 radical (unpaired) electrons. The molecule has 0 aliphatic carbocycles. The van der Waals surface area contributed by atoms with Gasteiger partial charge in [-0.2, -0.15) is 0 Å². The van der Waals surface area contributed by atoms with Crippen molar-refractivity contribution in [2.75, 3.05) is 7.11 Å². The molecule has 4 heteroatoms. The summed E-state index contributed by atoms with van der Waals surface area (Å²) in [4.78, 5) is 4.25. The molecule has 0 aliphatic rings. The van der Waals surface area contributed by atoms with Gasteiger partial charge in [-0.05, 0) is 19.1 Å². The third kappa shape index (κ3) is 1.44. The van der Waals surface area contributed by atoms with Crippen molar-refractivity contribution in [3.63, 3.8) is 0 Å². The molecule has 0 aliphatic heterocycles. The molecule has 0 saturated carbocycles. The third-order valence-electron chi connectivity index (χ3n) is 2.00. The Balaban J connectivity index is 2.54. The van der Waals surface area contributed by atoms with Crippen LogP contribution < -0.4 is 10.5 Å². The second-order valence-electron chi connectivity index (χ2n) is 3.17. The average Bonchev–Trinajstić information content (AvgIpc) is 2.59. The van der Waals surface area contributed by atoms with Crippen LogP contribution in [0.4, 0.5) is 0 Å². The normalized spacial score (nSPS) is 13.1. The number of rotatable bonds is 2. The number of aromatic nitrogens is 1. The van der Waals surface area contributed by atoms with E-state index >= 15 is 0 Å². The molecule has 14 heavy (non-hydrogen) atoms. The van der Waals surface area contributed by atoms with Gasteiger partial charge in [0.1, 0.15) is 11.3 Å². The number of ether oxygens (including phenoxy) is 1. The summed E-state index contributed by atoms with van der Waals surface area (Å²) in [6.45, 7) is 1.84. The second-order valence-corrected chi connectivity index (χ2v) is 3.17. The van der Waals surface area contributed by atoms with E-state index < -0.39 is 0 Å². The molecule has 1 atom stereocenters. The van der Waals surface area contributed by atoms with Crippen LogP contribution in [0, 0.1) is 0 Å². The molecule has 0 amide bonds. The van der Waals surface area contributed by atoms with Crippen LogP contribution >= 0.6 is 0 Å². The Morgan fingerprint density at radius 2 is 2.29 bits per heavy atom. The molecular weight excluding hydrogens is 180 g/mol. The Morgan fingerprint density at radius 1 is 1.50 bits per heavy atom. The van der Waals surface area contributed by atoms with E-state index in [1.54, 1.807) is 7.11 Å². The van der Waals surface area contributed by atoms with Crippen LogP contribution in [0.15, 0.2) is 22.6 Å². The largest absolute Gasteiger partial charge is 0.497 e. The first-order chi connectivity index (χ1) is 6.70. The number of hydrogen-bond acceptors (Lipinski definition) is 4. The standard InChI is InChI=1S/C10H12N2O2/c1-6(11)10-12-8-5-7(13-2)3-4-9(8)14-10/h3-6H,11H2,1-2H3/t6-/m0/s1. The van der Waals surface area contributed by atoms with Crippen LogP contribution in [0.2, 0.25) is 0 Å². The van der Waals surface area contributed by atoms with Gasteiger partial charge >= 0.3 is 0 Å². The zero-order chi connectivity index (χ0) is 10.1. The number of hydrogen-bond donors (Lipinski definition) is 1. The molecule has 2 aromatic rings. The van der Waals surface area contributed by atoms with Crippen molar-refractivity contribution in [2.45, 2.75) is 13.0 Å². The smallest absolute Gasteiger partial charge is 0.212 e. The highest BCUT2D eigenvalue weighted by Crippen LogP contribution is 2.22. The van der Waals surface area contributed by atoms with Crippen molar-refractivity contribution in [2.24, 2.45) is 5.73 Å². The second kappa shape index (κ2) is 3.31. The molecule has 4 nitrogen and oxygen atoms in total. The highest BCUT2D eigenvalue weighted by molar-refractivity contribution is 5.74. The number of nitrogens with two attached hydrogens (primary N) is 1. The van der Waals surface area contributed by atoms with Gasteiger partial charge < -0.3 is 14.9 Å². The first kappa shape index (κ1) is 9.02. The monoisotopic (exact) mass is 192 g/mol. The van der Waals surface area contributed by atoms with Gasteiger partial charge in [-0.15, -0.1) is 0 Å². The molecule has 2 rings (SSSR count). The summed E-state index contributed by atoms with van der Waals surface area (Å²) in [6.07, 6.45) is 0. The third-order valence-corrected chi connectivity index (χ3v) is 2.00. The van der Waals surface area contributed by atoms with Crippen LogP contribution in [0.5, 0.6) is 5.75 Å². The van der Waals surface area contributed by atoms with Crippen LogP contribution in [0.3, 0.4) is 0 Å². The molecule has 0 unspecified atom stereocenters. The minimum Gasteiger partial charge on any atom is -0.497 e. The molecule has 1 heterocycles. The van der Waals surface area contributed by atoms with E-state index in [0.29, 0.717) is 5.89 Å².